The molecule has 0 aliphatic rings. The van der Waals surface area contributed by atoms with Crippen LogP contribution in [-0.4, -0.2) is 29.8 Å². The van der Waals surface area contributed by atoms with Gasteiger partial charge in [0.05, 0.1) is 9.79 Å². The molecule has 1 amide bonds. The van der Waals surface area contributed by atoms with Gasteiger partial charge in [0.2, 0.25) is 0 Å². The van der Waals surface area contributed by atoms with Crippen LogP contribution < -0.4 is 14.8 Å². The molecule has 0 aliphatic heterocycles. The number of amides is 1. The van der Waals surface area contributed by atoms with Crippen molar-refractivity contribution in [3.63, 3.8) is 0 Å². The molecule has 0 radical (unpaired) electrons. The molecule has 31 heavy (non-hydrogen) atoms. The minimum Gasteiger partial charge on any atom is -0.355 e. The molecule has 0 atom stereocenters. The van der Waals surface area contributed by atoms with Crippen LogP contribution in [0.1, 0.15) is 10.4 Å². The van der Waals surface area contributed by atoms with E-state index in [1.165, 1.54) is 55.6 Å². The Balaban J connectivity index is 1.72. The van der Waals surface area contributed by atoms with Crippen molar-refractivity contribution in [3.05, 3.63) is 84.2 Å². The summed E-state index contributed by atoms with van der Waals surface area (Å²) < 4.78 is 67.4. The summed E-state index contributed by atoms with van der Waals surface area (Å²) in [6, 6.07) is 15.3. The van der Waals surface area contributed by atoms with Gasteiger partial charge in [-0.1, -0.05) is 0 Å². The van der Waals surface area contributed by atoms with Crippen molar-refractivity contribution < 1.29 is 26.0 Å². The first kappa shape index (κ1) is 22.2. The second kappa shape index (κ2) is 8.74. The van der Waals surface area contributed by atoms with Crippen LogP contribution >= 0.6 is 0 Å². The largest absolute Gasteiger partial charge is 0.355 e. The second-order valence-corrected chi connectivity index (χ2v) is 9.71. The van der Waals surface area contributed by atoms with Crippen LogP contribution in [0.4, 0.5) is 15.8 Å². The SMILES string of the molecule is CNC(=O)c1ccc(S(=O)(=O)Nc2ccc(NS(=O)(=O)c3ccc(F)cc3)cc2)cc1. The van der Waals surface area contributed by atoms with Crippen LogP contribution in [0.15, 0.2) is 82.6 Å². The highest BCUT2D eigenvalue weighted by molar-refractivity contribution is 7.93. The number of anilines is 2. The zero-order chi connectivity index (χ0) is 22.6. The van der Waals surface area contributed by atoms with Gasteiger partial charge in [-0.3, -0.25) is 14.2 Å². The van der Waals surface area contributed by atoms with Gasteiger partial charge in [-0.25, -0.2) is 21.2 Å². The van der Waals surface area contributed by atoms with Crippen LogP contribution in [0, 0.1) is 5.82 Å². The molecule has 0 fully saturated rings. The fourth-order valence-corrected chi connectivity index (χ4v) is 4.70. The Morgan fingerprint density at radius 1 is 0.677 bits per heavy atom. The minimum absolute atomic E-state index is 0.0405. The Kier molecular flexibility index (Phi) is 6.27. The van der Waals surface area contributed by atoms with Crippen LogP contribution in [0.3, 0.4) is 0 Å². The number of halogens is 1. The van der Waals surface area contributed by atoms with Crippen molar-refractivity contribution in [2.75, 3.05) is 16.5 Å². The lowest BCUT2D eigenvalue weighted by Crippen LogP contribution is -2.18. The summed E-state index contributed by atoms with van der Waals surface area (Å²) in [6.07, 6.45) is 0. The monoisotopic (exact) mass is 463 g/mol. The molecule has 8 nitrogen and oxygen atoms in total. The topological polar surface area (TPSA) is 121 Å². The molecular weight excluding hydrogens is 445 g/mol. The van der Waals surface area contributed by atoms with E-state index >= 15 is 0 Å². The number of hydrogen-bond donors (Lipinski definition) is 3. The van der Waals surface area contributed by atoms with Gasteiger partial charge in [-0.15, -0.1) is 0 Å². The average molecular weight is 464 g/mol. The van der Waals surface area contributed by atoms with E-state index in [0.29, 0.717) is 5.56 Å². The zero-order valence-corrected chi connectivity index (χ0v) is 17.8. The predicted molar refractivity (Wildman–Crippen MR) is 114 cm³/mol. The van der Waals surface area contributed by atoms with Crippen molar-refractivity contribution >= 4 is 37.3 Å². The quantitative estimate of drug-likeness (QED) is 0.498. The Labute approximate surface area is 179 Å². The number of carbonyl (C=O) groups is 1. The van der Waals surface area contributed by atoms with Gasteiger partial charge in [0, 0.05) is 24.0 Å². The molecule has 0 unspecified atom stereocenters. The summed E-state index contributed by atoms with van der Waals surface area (Å²) in [7, 11) is -6.37. The highest BCUT2D eigenvalue weighted by Crippen LogP contribution is 2.21. The van der Waals surface area contributed by atoms with Gasteiger partial charge < -0.3 is 5.32 Å². The first-order chi connectivity index (χ1) is 14.6. The Bertz CT molecular complexity index is 1290. The number of hydrogen-bond acceptors (Lipinski definition) is 5. The molecule has 3 rings (SSSR count). The molecule has 0 aromatic heterocycles. The summed E-state index contributed by atoms with van der Waals surface area (Å²) in [5, 5.41) is 2.44. The zero-order valence-electron chi connectivity index (χ0n) is 16.2. The number of nitrogens with one attached hydrogen (secondary N) is 3. The lowest BCUT2D eigenvalue weighted by Gasteiger charge is -2.11. The molecule has 0 bridgehead atoms. The van der Waals surface area contributed by atoms with Crippen LogP contribution in [-0.2, 0) is 20.0 Å². The van der Waals surface area contributed by atoms with Crippen LogP contribution in [0.25, 0.3) is 0 Å². The van der Waals surface area contributed by atoms with E-state index in [9.17, 15) is 26.0 Å². The summed E-state index contributed by atoms with van der Waals surface area (Å²) >= 11 is 0. The standard InChI is InChI=1S/C20H18FN3O5S2/c1-22-20(25)14-2-10-18(11-3-14)30(26,27)23-16-6-8-17(9-7-16)24-31(28,29)19-12-4-15(21)5-13-19/h2-13,23-24H,1H3,(H,22,25). The molecule has 0 saturated heterocycles. The fourth-order valence-electron chi connectivity index (χ4n) is 2.58. The van der Waals surface area contributed by atoms with Crippen LogP contribution in [0.2, 0.25) is 0 Å². The molecule has 162 valence electrons. The Morgan fingerprint density at radius 2 is 1.06 bits per heavy atom. The molecule has 3 aromatic rings. The molecule has 0 spiro atoms. The summed E-state index contributed by atoms with van der Waals surface area (Å²) in [5.74, 6) is -0.894. The van der Waals surface area contributed by atoms with E-state index < -0.39 is 25.9 Å². The first-order valence-corrected chi connectivity index (χ1v) is 11.8. The molecular formula is C20H18FN3O5S2. The first-order valence-electron chi connectivity index (χ1n) is 8.84. The third kappa shape index (κ3) is 5.38. The van der Waals surface area contributed by atoms with Crippen molar-refractivity contribution in [2.24, 2.45) is 0 Å². The molecule has 3 N–H and O–H groups in total. The van der Waals surface area contributed by atoms with Gasteiger partial charge in [-0.2, -0.15) is 0 Å². The third-order valence-corrected chi connectivity index (χ3v) is 6.96. The average Bonchev–Trinajstić information content (AvgIpc) is 2.74. The molecule has 3 aromatic carbocycles. The van der Waals surface area contributed by atoms with E-state index in [2.05, 4.69) is 14.8 Å². The predicted octanol–water partition coefficient (Wildman–Crippen LogP) is 2.79. The van der Waals surface area contributed by atoms with E-state index in [1.54, 1.807) is 0 Å². The van der Waals surface area contributed by atoms with Gasteiger partial charge in [0.1, 0.15) is 5.82 Å². The summed E-state index contributed by atoms with van der Waals surface area (Å²) in [4.78, 5) is 11.4. The summed E-state index contributed by atoms with van der Waals surface area (Å²) in [6.45, 7) is 0. The van der Waals surface area contributed by atoms with Crippen molar-refractivity contribution in [1.82, 2.24) is 5.32 Å². The van der Waals surface area contributed by atoms with Crippen LogP contribution in [0.5, 0.6) is 0 Å². The molecule has 11 heteroatoms. The number of sulfonamides is 2. The van der Waals surface area contributed by atoms with Crippen molar-refractivity contribution in [2.45, 2.75) is 9.79 Å². The molecule has 0 saturated carbocycles. The van der Waals surface area contributed by atoms with Gasteiger partial charge >= 0.3 is 0 Å². The van der Waals surface area contributed by atoms with Crippen molar-refractivity contribution in [3.8, 4) is 0 Å². The van der Waals surface area contributed by atoms with E-state index in [-0.39, 0.29) is 27.1 Å². The van der Waals surface area contributed by atoms with E-state index in [0.717, 1.165) is 24.3 Å². The minimum atomic E-state index is -3.92. The molecule has 0 heterocycles. The third-order valence-electron chi connectivity index (χ3n) is 4.17. The van der Waals surface area contributed by atoms with Gasteiger partial charge in [-0.05, 0) is 72.8 Å². The maximum Gasteiger partial charge on any atom is 0.261 e. The van der Waals surface area contributed by atoms with Crippen molar-refractivity contribution in [1.29, 1.82) is 0 Å². The maximum atomic E-state index is 13.0. The Morgan fingerprint density at radius 3 is 1.45 bits per heavy atom. The lowest BCUT2D eigenvalue weighted by atomic mass is 10.2. The number of benzene rings is 3. The molecule has 0 aliphatic carbocycles. The lowest BCUT2D eigenvalue weighted by molar-refractivity contribution is 0.0963. The highest BCUT2D eigenvalue weighted by atomic mass is 32.2. The number of rotatable bonds is 7. The second-order valence-electron chi connectivity index (χ2n) is 6.35. The highest BCUT2D eigenvalue weighted by Gasteiger charge is 2.17. The van der Waals surface area contributed by atoms with Gasteiger partial charge in [0.15, 0.2) is 0 Å². The normalized spacial score (nSPS) is 11.5. The maximum absolute atomic E-state index is 13.0. The fraction of sp³-hybridized carbons (Fsp3) is 0.0500. The Hall–Kier alpha value is -3.44. The van der Waals surface area contributed by atoms with E-state index in [4.69, 9.17) is 0 Å². The van der Waals surface area contributed by atoms with Gasteiger partial charge in [0.25, 0.3) is 26.0 Å². The smallest absolute Gasteiger partial charge is 0.261 e. The number of carbonyl (C=O) groups excluding carboxylic acids is 1. The van der Waals surface area contributed by atoms with E-state index in [1.807, 2.05) is 0 Å². The summed E-state index contributed by atoms with van der Waals surface area (Å²) in [5.41, 5.74) is 0.724.